The quantitative estimate of drug-likeness (QED) is 0.451. The zero-order chi connectivity index (χ0) is 20.4. The number of benzene rings is 2. The standard InChI is InChI=1S/C23H20N2O3S/c1-15(23(27)28-13-17-9-5-3-6-10-17)25-14-24-21-20(22(25)26)19(16(2)29-21)18-11-7-4-8-12-18/h3-12,14-15H,13H2,1-2H3/t15-/m0/s1. The Morgan fingerprint density at radius 2 is 1.76 bits per heavy atom. The Hall–Kier alpha value is -3.25. The molecule has 0 radical (unpaired) electrons. The Morgan fingerprint density at radius 3 is 2.45 bits per heavy atom. The highest BCUT2D eigenvalue weighted by Gasteiger charge is 2.22. The van der Waals surface area contributed by atoms with Crippen LogP contribution in [0.5, 0.6) is 0 Å². The van der Waals surface area contributed by atoms with Gasteiger partial charge in [-0.2, -0.15) is 0 Å². The zero-order valence-corrected chi connectivity index (χ0v) is 17.0. The molecule has 2 aromatic heterocycles. The number of aromatic nitrogens is 2. The van der Waals surface area contributed by atoms with Crippen molar-refractivity contribution in [3.63, 3.8) is 0 Å². The van der Waals surface area contributed by atoms with Gasteiger partial charge in [0.15, 0.2) is 0 Å². The van der Waals surface area contributed by atoms with Crippen molar-refractivity contribution in [1.82, 2.24) is 9.55 Å². The summed E-state index contributed by atoms with van der Waals surface area (Å²) in [6, 6.07) is 18.5. The molecule has 2 aromatic carbocycles. The lowest BCUT2D eigenvalue weighted by Gasteiger charge is -2.14. The lowest BCUT2D eigenvalue weighted by Crippen LogP contribution is -2.29. The van der Waals surface area contributed by atoms with Crippen LogP contribution in [0, 0.1) is 6.92 Å². The van der Waals surface area contributed by atoms with Gasteiger partial charge in [-0.25, -0.2) is 9.78 Å². The number of hydrogen-bond acceptors (Lipinski definition) is 5. The minimum atomic E-state index is -0.771. The monoisotopic (exact) mass is 404 g/mol. The molecule has 6 heteroatoms. The molecule has 0 saturated carbocycles. The summed E-state index contributed by atoms with van der Waals surface area (Å²) in [5.74, 6) is -0.467. The maximum Gasteiger partial charge on any atom is 0.329 e. The first-order chi connectivity index (χ1) is 14.1. The number of carbonyl (C=O) groups excluding carboxylic acids is 1. The fourth-order valence-electron chi connectivity index (χ4n) is 3.31. The smallest absolute Gasteiger partial charge is 0.329 e. The van der Waals surface area contributed by atoms with E-state index in [1.54, 1.807) is 6.92 Å². The van der Waals surface area contributed by atoms with Gasteiger partial charge >= 0.3 is 5.97 Å². The maximum absolute atomic E-state index is 13.3. The fourth-order valence-corrected chi connectivity index (χ4v) is 4.31. The van der Waals surface area contributed by atoms with Crippen molar-refractivity contribution < 1.29 is 9.53 Å². The lowest BCUT2D eigenvalue weighted by atomic mass is 10.0. The van der Waals surface area contributed by atoms with E-state index in [9.17, 15) is 9.59 Å². The molecule has 146 valence electrons. The number of fused-ring (bicyclic) bond motifs is 1. The van der Waals surface area contributed by atoms with Crippen LogP contribution in [0.25, 0.3) is 21.3 Å². The van der Waals surface area contributed by atoms with Crippen LogP contribution in [0.4, 0.5) is 0 Å². The molecule has 29 heavy (non-hydrogen) atoms. The second-order valence-corrected chi connectivity index (χ2v) is 8.01. The molecule has 1 atom stereocenters. The molecule has 0 bridgehead atoms. The van der Waals surface area contributed by atoms with Gasteiger partial charge in [0.1, 0.15) is 17.5 Å². The largest absolute Gasteiger partial charge is 0.459 e. The van der Waals surface area contributed by atoms with E-state index in [1.165, 1.54) is 22.2 Å². The van der Waals surface area contributed by atoms with Gasteiger partial charge in [-0.15, -0.1) is 11.3 Å². The summed E-state index contributed by atoms with van der Waals surface area (Å²) in [6.07, 6.45) is 1.43. The summed E-state index contributed by atoms with van der Waals surface area (Å²) in [4.78, 5) is 32.0. The Kier molecular flexibility index (Phi) is 5.27. The molecule has 0 unspecified atom stereocenters. The van der Waals surface area contributed by atoms with Gasteiger partial charge < -0.3 is 4.74 Å². The van der Waals surface area contributed by atoms with Crippen molar-refractivity contribution in [2.75, 3.05) is 0 Å². The van der Waals surface area contributed by atoms with E-state index < -0.39 is 12.0 Å². The number of nitrogens with zero attached hydrogens (tertiary/aromatic N) is 2. The van der Waals surface area contributed by atoms with Crippen LogP contribution in [0.1, 0.15) is 23.4 Å². The van der Waals surface area contributed by atoms with Crippen LogP contribution in [-0.4, -0.2) is 15.5 Å². The molecule has 0 spiro atoms. The number of ether oxygens (including phenoxy) is 1. The van der Waals surface area contributed by atoms with Crippen molar-refractivity contribution in [1.29, 1.82) is 0 Å². The molecule has 2 heterocycles. The summed E-state index contributed by atoms with van der Waals surface area (Å²) in [7, 11) is 0. The van der Waals surface area contributed by atoms with Crippen LogP contribution >= 0.6 is 11.3 Å². The summed E-state index contributed by atoms with van der Waals surface area (Å²) >= 11 is 1.48. The molecule has 0 amide bonds. The number of esters is 1. The first kappa shape index (κ1) is 19.1. The summed E-state index contributed by atoms with van der Waals surface area (Å²) in [6.45, 7) is 3.81. The van der Waals surface area contributed by atoms with Gasteiger partial charge in [-0.05, 0) is 25.0 Å². The third-order valence-electron chi connectivity index (χ3n) is 4.86. The number of rotatable bonds is 5. The van der Waals surface area contributed by atoms with E-state index in [2.05, 4.69) is 4.98 Å². The highest BCUT2D eigenvalue weighted by molar-refractivity contribution is 7.19. The maximum atomic E-state index is 13.3. The average Bonchev–Trinajstić information content (AvgIpc) is 3.10. The van der Waals surface area contributed by atoms with Crippen LogP contribution in [0.2, 0.25) is 0 Å². The highest BCUT2D eigenvalue weighted by Crippen LogP contribution is 2.35. The second-order valence-electron chi connectivity index (χ2n) is 6.81. The molecule has 4 rings (SSSR count). The predicted octanol–water partition coefficient (Wildman–Crippen LogP) is 4.74. The molecule has 0 saturated heterocycles. The van der Waals surface area contributed by atoms with Crippen molar-refractivity contribution in [2.45, 2.75) is 26.5 Å². The van der Waals surface area contributed by atoms with E-state index in [0.717, 1.165) is 21.6 Å². The topological polar surface area (TPSA) is 61.2 Å². The summed E-state index contributed by atoms with van der Waals surface area (Å²) in [5, 5.41) is 0.545. The van der Waals surface area contributed by atoms with Crippen LogP contribution in [0.3, 0.4) is 0 Å². The number of aryl methyl sites for hydroxylation is 1. The minimum Gasteiger partial charge on any atom is -0.459 e. The molecular weight excluding hydrogens is 384 g/mol. The first-order valence-electron chi connectivity index (χ1n) is 9.32. The molecule has 0 fully saturated rings. The molecule has 0 aliphatic carbocycles. The normalized spacial score (nSPS) is 12.1. The molecule has 0 aliphatic rings. The van der Waals surface area contributed by atoms with Gasteiger partial charge in [-0.3, -0.25) is 9.36 Å². The van der Waals surface area contributed by atoms with Gasteiger partial charge in [0.2, 0.25) is 0 Å². The Labute approximate surface area is 172 Å². The average molecular weight is 404 g/mol. The van der Waals surface area contributed by atoms with E-state index >= 15 is 0 Å². The number of thiophene rings is 1. The predicted molar refractivity (Wildman–Crippen MR) is 115 cm³/mol. The van der Waals surface area contributed by atoms with Gasteiger partial charge in [-0.1, -0.05) is 60.7 Å². The lowest BCUT2D eigenvalue weighted by molar-refractivity contribution is -0.148. The fraction of sp³-hybridized carbons (Fsp3) is 0.174. The van der Waals surface area contributed by atoms with Crippen molar-refractivity contribution in [2.24, 2.45) is 0 Å². The molecule has 5 nitrogen and oxygen atoms in total. The minimum absolute atomic E-state index is 0.168. The number of carbonyl (C=O) groups is 1. The summed E-state index contributed by atoms with van der Waals surface area (Å²) < 4.78 is 6.76. The Balaban J connectivity index is 1.68. The van der Waals surface area contributed by atoms with E-state index in [4.69, 9.17) is 4.74 Å². The van der Waals surface area contributed by atoms with Gasteiger partial charge in [0.25, 0.3) is 5.56 Å². The van der Waals surface area contributed by atoms with E-state index in [-0.39, 0.29) is 12.2 Å². The molecule has 0 aliphatic heterocycles. The van der Waals surface area contributed by atoms with Crippen LogP contribution < -0.4 is 5.56 Å². The van der Waals surface area contributed by atoms with Crippen molar-refractivity contribution >= 4 is 27.5 Å². The molecular formula is C23H20N2O3S. The second kappa shape index (κ2) is 8.01. The summed E-state index contributed by atoms with van der Waals surface area (Å²) in [5.41, 5.74) is 2.51. The van der Waals surface area contributed by atoms with Crippen LogP contribution in [0.15, 0.2) is 71.8 Å². The van der Waals surface area contributed by atoms with Crippen LogP contribution in [-0.2, 0) is 16.1 Å². The third-order valence-corrected chi connectivity index (χ3v) is 5.87. The SMILES string of the molecule is Cc1sc2ncn([C@@H](C)C(=O)OCc3ccccc3)c(=O)c2c1-c1ccccc1. The Bertz CT molecular complexity index is 1210. The molecule has 4 aromatic rings. The van der Waals surface area contributed by atoms with E-state index in [0.29, 0.717) is 10.2 Å². The zero-order valence-electron chi connectivity index (χ0n) is 16.2. The molecule has 0 N–H and O–H groups in total. The van der Waals surface area contributed by atoms with Gasteiger partial charge in [0.05, 0.1) is 11.7 Å². The van der Waals surface area contributed by atoms with Crippen molar-refractivity contribution in [3.05, 3.63) is 87.8 Å². The third kappa shape index (κ3) is 3.71. The van der Waals surface area contributed by atoms with Gasteiger partial charge in [0, 0.05) is 10.4 Å². The highest BCUT2D eigenvalue weighted by atomic mass is 32.1. The van der Waals surface area contributed by atoms with E-state index in [1.807, 2.05) is 67.6 Å². The Morgan fingerprint density at radius 1 is 1.10 bits per heavy atom. The number of hydrogen-bond donors (Lipinski definition) is 0. The van der Waals surface area contributed by atoms with Crippen molar-refractivity contribution in [3.8, 4) is 11.1 Å². The first-order valence-corrected chi connectivity index (χ1v) is 10.1.